The zero-order valence-corrected chi connectivity index (χ0v) is 13.8. The van der Waals surface area contributed by atoms with Crippen molar-refractivity contribution in [3.05, 3.63) is 65.7 Å². The molecule has 3 rings (SSSR count). The fourth-order valence-corrected chi connectivity index (χ4v) is 2.88. The third kappa shape index (κ3) is 4.59. The monoisotopic (exact) mass is 340 g/mol. The smallest absolute Gasteiger partial charge is 0.338 e. The Hall–Kier alpha value is -2.82. The molecule has 0 radical (unpaired) electrons. The molecule has 1 aliphatic rings. The number of aromatic hydroxyl groups is 1. The third-order valence-corrected chi connectivity index (χ3v) is 4.28. The molecule has 0 aromatic heterocycles. The molecule has 0 aliphatic heterocycles. The van der Waals surface area contributed by atoms with Crippen LogP contribution in [0, 0.1) is 0 Å². The molecular formula is C20H20O5. The van der Waals surface area contributed by atoms with E-state index in [4.69, 9.17) is 9.47 Å². The lowest BCUT2D eigenvalue weighted by Crippen LogP contribution is -2.29. The normalized spacial score (nSPS) is 19.8. The quantitative estimate of drug-likeness (QED) is 0.859. The van der Waals surface area contributed by atoms with Crippen molar-refractivity contribution in [1.29, 1.82) is 0 Å². The second-order valence-electron chi connectivity index (χ2n) is 6.12. The van der Waals surface area contributed by atoms with Crippen molar-refractivity contribution in [3.63, 3.8) is 0 Å². The first-order chi connectivity index (χ1) is 12.1. The second kappa shape index (κ2) is 7.83. The minimum absolute atomic E-state index is 0.109. The predicted octanol–water partition coefficient (Wildman–Crippen LogP) is 3.72. The van der Waals surface area contributed by atoms with E-state index < -0.39 is 5.97 Å². The lowest BCUT2D eigenvalue weighted by molar-refractivity contribution is -0.0108. The van der Waals surface area contributed by atoms with E-state index in [1.165, 1.54) is 24.3 Å². The molecule has 0 heterocycles. The van der Waals surface area contributed by atoms with Crippen molar-refractivity contribution >= 4 is 11.9 Å². The van der Waals surface area contributed by atoms with Crippen LogP contribution in [0.5, 0.6) is 5.75 Å². The summed E-state index contributed by atoms with van der Waals surface area (Å²) in [7, 11) is 0. The van der Waals surface area contributed by atoms with Crippen molar-refractivity contribution in [1.82, 2.24) is 0 Å². The van der Waals surface area contributed by atoms with Crippen LogP contribution in [0.25, 0.3) is 0 Å². The van der Waals surface area contributed by atoms with Crippen molar-refractivity contribution < 1.29 is 24.2 Å². The van der Waals surface area contributed by atoms with Crippen LogP contribution in [0.3, 0.4) is 0 Å². The molecule has 0 bridgehead atoms. The zero-order chi connectivity index (χ0) is 17.6. The number of benzene rings is 2. The van der Waals surface area contributed by atoms with Gasteiger partial charge in [-0.2, -0.15) is 0 Å². The summed E-state index contributed by atoms with van der Waals surface area (Å²) >= 11 is 0. The molecule has 1 aliphatic carbocycles. The maximum atomic E-state index is 12.1. The highest BCUT2D eigenvalue weighted by atomic mass is 16.6. The minimum Gasteiger partial charge on any atom is -0.508 e. The molecule has 0 amide bonds. The number of hydrogen-bond donors (Lipinski definition) is 1. The number of phenols is 1. The first-order valence-corrected chi connectivity index (χ1v) is 8.38. The summed E-state index contributed by atoms with van der Waals surface area (Å²) < 4.78 is 11.0. The Morgan fingerprint density at radius 1 is 0.720 bits per heavy atom. The van der Waals surface area contributed by atoms with Gasteiger partial charge in [0.15, 0.2) is 0 Å². The number of carbonyl (C=O) groups excluding carboxylic acids is 2. The summed E-state index contributed by atoms with van der Waals surface area (Å²) in [6.45, 7) is 0. The van der Waals surface area contributed by atoms with Gasteiger partial charge in [-0.05, 0) is 62.1 Å². The van der Waals surface area contributed by atoms with Crippen molar-refractivity contribution in [2.75, 3.05) is 0 Å². The van der Waals surface area contributed by atoms with Gasteiger partial charge in [0.1, 0.15) is 18.0 Å². The Morgan fingerprint density at radius 2 is 1.16 bits per heavy atom. The molecule has 25 heavy (non-hydrogen) atoms. The highest BCUT2D eigenvalue weighted by Crippen LogP contribution is 2.25. The van der Waals surface area contributed by atoms with Crippen molar-refractivity contribution in [2.45, 2.75) is 37.9 Å². The van der Waals surface area contributed by atoms with Gasteiger partial charge in [0, 0.05) is 0 Å². The number of ether oxygens (including phenoxy) is 2. The molecule has 1 fully saturated rings. The molecule has 1 saturated carbocycles. The number of hydrogen-bond acceptors (Lipinski definition) is 5. The van der Waals surface area contributed by atoms with Crippen LogP contribution in [-0.2, 0) is 9.47 Å². The van der Waals surface area contributed by atoms with Crippen LogP contribution in [0.1, 0.15) is 46.4 Å². The SMILES string of the molecule is O=C(OC1CCC(OC(=O)c2ccc(O)cc2)CC1)c1ccccc1. The third-order valence-electron chi connectivity index (χ3n) is 4.28. The fourth-order valence-electron chi connectivity index (χ4n) is 2.88. The van der Waals surface area contributed by atoms with Crippen molar-refractivity contribution in [2.24, 2.45) is 0 Å². The molecule has 0 saturated heterocycles. The number of rotatable bonds is 4. The minimum atomic E-state index is -0.398. The summed E-state index contributed by atoms with van der Waals surface area (Å²) in [6.07, 6.45) is 2.36. The molecule has 2 aromatic rings. The molecule has 0 atom stereocenters. The molecule has 0 unspecified atom stereocenters. The predicted molar refractivity (Wildman–Crippen MR) is 91.4 cm³/mol. The van der Waals surface area contributed by atoms with E-state index in [9.17, 15) is 14.7 Å². The molecule has 5 nitrogen and oxygen atoms in total. The van der Waals surface area contributed by atoms with E-state index in [1.54, 1.807) is 24.3 Å². The highest BCUT2D eigenvalue weighted by Gasteiger charge is 2.27. The van der Waals surface area contributed by atoms with Crippen LogP contribution >= 0.6 is 0 Å². The molecule has 2 aromatic carbocycles. The molecule has 130 valence electrons. The fraction of sp³-hybridized carbons (Fsp3) is 0.300. The van der Waals surface area contributed by atoms with E-state index >= 15 is 0 Å². The maximum absolute atomic E-state index is 12.1. The first-order valence-electron chi connectivity index (χ1n) is 8.38. The Kier molecular flexibility index (Phi) is 5.33. The van der Waals surface area contributed by atoms with Crippen LogP contribution in [0.2, 0.25) is 0 Å². The average Bonchev–Trinajstić information content (AvgIpc) is 2.64. The van der Waals surface area contributed by atoms with Crippen LogP contribution in [-0.4, -0.2) is 29.3 Å². The summed E-state index contributed by atoms with van der Waals surface area (Å²) in [6, 6.07) is 14.9. The Balaban J connectivity index is 1.46. The Morgan fingerprint density at radius 3 is 1.64 bits per heavy atom. The van der Waals surface area contributed by atoms with Gasteiger partial charge < -0.3 is 14.6 Å². The van der Waals surface area contributed by atoms with Crippen LogP contribution < -0.4 is 0 Å². The first kappa shape index (κ1) is 17.0. The molecule has 1 N–H and O–H groups in total. The van der Waals surface area contributed by atoms with Gasteiger partial charge in [-0.3, -0.25) is 0 Å². The molecule has 5 heteroatoms. The van der Waals surface area contributed by atoms with Gasteiger partial charge >= 0.3 is 11.9 Å². The summed E-state index contributed by atoms with van der Waals surface area (Å²) in [4.78, 5) is 24.1. The van der Waals surface area contributed by atoms with Crippen LogP contribution in [0.4, 0.5) is 0 Å². The van der Waals surface area contributed by atoms with E-state index in [0.29, 0.717) is 36.8 Å². The standard InChI is InChI=1S/C20H20O5/c21-16-8-6-15(7-9-16)20(23)25-18-12-10-17(11-13-18)24-19(22)14-4-2-1-3-5-14/h1-9,17-18,21H,10-13H2. The van der Waals surface area contributed by atoms with Gasteiger partial charge in [0.25, 0.3) is 0 Å². The topological polar surface area (TPSA) is 72.8 Å². The van der Waals surface area contributed by atoms with E-state index in [0.717, 1.165) is 0 Å². The lowest BCUT2D eigenvalue weighted by Gasteiger charge is -2.28. The van der Waals surface area contributed by atoms with Crippen LogP contribution in [0.15, 0.2) is 54.6 Å². The highest BCUT2D eigenvalue weighted by molar-refractivity contribution is 5.90. The van der Waals surface area contributed by atoms with E-state index in [-0.39, 0.29) is 23.9 Å². The van der Waals surface area contributed by atoms with Gasteiger partial charge in [-0.25, -0.2) is 9.59 Å². The average molecular weight is 340 g/mol. The largest absolute Gasteiger partial charge is 0.508 e. The Labute approximate surface area is 146 Å². The summed E-state index contributed by atoms with van der Waals surface area (Å²) in [5, 5.41) is 9.25. The van der Waals surface area contributed by atoms with E-state index in [1.807, 2.05) is 6.07 Å². The van der Waals surface area contributed by atoms with Gasteiger partial charge in [0.2, 0.25) is 0 Å². The summed E-state index contributed by atoms with van der Waals surface area (Å²) in [5.74, 6) is -0.604. The lowest BCUT2D eigenvalue weighted by atomic mass is 9.95. The Bertz CT molecular complexity index is 716. The second-order valence-corrected chi connectivity index (χ2v) is 6.12. The zero-order valence-electron chi connectivity index (χ0n) is 13.8. The van der Waals surface area contributed by atoms with Gasteiger partial charge in [0.05, 0.1) is 11.1 Å². The van der Waals surface area contributed by atoms with E-state index in [2.05, 4.69) is 0 Å². The van der Waals surface area contributed by atoms with Crippen molar-refractivity contribution in [3.8, 4) is 5.75 Å². The number of esters is 2. The number of phenolic OH excluding ortho intramolecular Hbond substituents is 1. The summed E-state index contributed by atoms with van der Waals surface area (Å²) in [5.41, 5.74) is 0.957. The molecule has 0 spiro atoms. The molecular weight excluding hydrogens is 320 g/mol. The van der Waals surface area contributed by atoms with Gasteiger partial charge in [-0.15, -0.1) is 0 Å². The van der Waals surface area contributed by atoms with Gasteiger partial charge in [-0.1, -0.05) is 18.2 Å². The number of carbonyl (C=O) groups is 2. The maximum Gasteiger partial charge on any atom is 0.338 e.